The van der Waals surface area contributed by atoms with Gasteiger partial charge in [0.15, 0.2) is 5.82 Å². The Morgan fingerprint density at radius 1 is 1.33 bits per heavy atom. The van der Waals surface area contributed by atoms with Crippen LogP contribution < -0.4 is 5.73 Å². The SMILES string of the molecule is CC(C)(N)c1noc(CSc2ccc(Cl)cc2)n1. The molecule has 0 saturated heterocycles. The van der Waals surface area contributed by atoms with E-state index in [0.717, 1.165) is 9.92 Å². The molecular formula is C12H14ClN3OS. The molecule has 0 saturated carbocycles. The molecule has 0 aliphatic heterocycles. The molecule has 96 valence electrons. The van der Waals surface area contributed by atoms with Gasteiger partial charge in [-0.05, 0) is 38.1 Å². The summed E-state index contributed by atoms with van der Waals surface area (Å²) in [5.41, 5.74) is 5.31. The van der Waals surface area contributed by atoms with Gasteiger partial charge in [-0.3, -0.25) is 0 Å². The quantitative estimate of drug-likeness (QED) is 0.873. The molecule has 0 spiro atoms. The van der Waals surface area contributed by atoms with Crippen LogP contribution in [0, 0.1) is 0 Å². The van der Waals surface area contributed by atoms with Crippen LogP contribution in [0.15, 0.2) is 33.7 Å². The number of thioether (sulfide) groups is 1. The standard InChI is InChI=1S/C12H14ClN3OS/c1-12(2,14)11-15-10(17-16-11)7-18-9-5-3-8(13)4-6-9/h3-6H,7,14H2,1-2H3. The predicted octanol–water partition coefficient (Wildman–Crippen LogP) is 3.21. The molecule has 6 heteroatoms. The smallest absolute Gasteiger partial charge is 0.237 e. The van der Waals surface area contributed by atoms with Crippen LogP contribution in [0.5, 0.6) is 0 Å². The minimum Gasteiger partial charge on any atom is -0.338 e. The zero-order valence-corrected chi connectivity index (χ0v) is 11.8. The summed E-state index contributed by atoms with van der Waals surface area (Å²) in [5, 5.41) is 4.59. The van der Waals surface area contributed by atoms with Gasteiger partial charge in [-0.1, -0.05) is 16.8 Å². The maximum atomic E-state index is 5.89. The van der Waals surface area contributed by atoms with Crippen molar-refractivity contribution in [1.29, 1.82) is 0 Å². The molecule has 2 aromatic rings. The highest BCUT2D eigenvalue weighted by Crippen LogP contribution is 2.24. The molecule has 1 aromatic carbocycles. The largest absolute Gasteiger partial charge is 0.338 e. The Balaban J connectivity index is 1.98. The van der Waals surface area contributed by atoms with Gasteiger partial charge in [-0.15, -0.1) is 11.8 Å². The van der Waals surface area contributed by atoms with Gasteiger partial charge in [-0.25, -0.2) is 0 Å². The number of nitrogens with zero attached hydrogens (tertiary/aromatic N) is 2. The van der Waals surface area contributed by atoms with Crippen molar-refractivity contribution < 1.29 is 4.52 Å². The zero-order valence-electron chi connectivity index (χ0n) is 10.2. The van der Waals surface area contributed by atoms with Gasteiger partial charge >= 0.3 is 0 Å². The lowest BCUT2D eigenvalue weighted by Gasteiger charge is -2.11. The number of rotatable bonds is 4. The first-order chi connectivity index (χ1) is 8.45. The second-order valence-corrected chi connectivity index (χ2v) is 5.96. The highest BCUT2D eigenvalue weighted by molar-refractivity contribution is 7.98. The van der Waals surface area contributed by atoms with Gasteiger partial charge in [0, 0.05) is 9.92 Å². The summed E-state index contributed by atoms with van der Waals surface area (Å²) in [5.74, 6) is 1.71. The molecular weight excluding hydrogens is 270 g/mol. The van der Waals surface area contributed by atoms with Crippen LogP contribution in [0.1, 0.15) is 25.6 Å². The average molecular weight is 284 g/mol. The van der Waals surface area contributed by atoms with E-state index in [1.165, 1.54) is 0 Å². The molecule has 2 N–H and O–H groups in total. The summed E-state index contributed by atoms with van der Waals surface area (Å²) in [7, 11) is 0. The molecule has 0 atom stereocenters. The van der Waals surface area contributed by atoms with Crippen LogP contribution >= 0.6 is 23.4 Å². The van der Waals surface area contributed by atoms with Crippen molar-refractivity contribution in [3.63, 3.8) is 0 Å². The Morgan fingerprint density at radius 3 is 2.56 bits per heavy atom. The molecule has 1 aromatic heterocycles. The van der Waals surface area contributed by atoms with Gasteiger partial charge in [0.2, 0.25) is 5.89 Å². The Hall–Kier alpha value is -1.04. The van der Waals surface area contributed by atoms with E-state index >= 15 is 0 Å². The molecule has 0 amide bonds. The average Bonchev–Trinajstić information content (AvgIpc) is 2.77. The van der Waals surface area contributed by atoms with Crippen molar-refractivity contribution in [2.75, 3.05) is 0 Å². The summed E-state index contributed by atoms with van der Waals surface area (Å²) in [6, 6.07) is 7.62. The Morgan fingerprint density at radius 2 is 2.00 bits per heavy atom. The minimum atomic E-state index is -0.577. The molecule has 0 aliphatic carbocycles. The van der Waals surface area contributed by atoms with Gasteiger partial charge in [0.1, 0.15) is 0 Å². The summed E-state index contributed by atoms with van der Waals surface area (Å²) < 4.78 is 5.15. The lowest BCUT2D eigenvalue weighted by Crippen LogP contribution is -2.30. The van der Waals surface area contributed by atoms with E-state index < -0.39 is 5.54 Å². The minimum absolute atomic E-state index is 0.522. The maximum absolute atomic E-state index is 5.89. The molecule has 0 unspecified atom stereocenters. The van der Waals surface area contributed by atoms with Crippen molar-refractivity contribution in [2.45, 2.75) is 30.0 Å². The fourth-order valence-electron chi connectivity index (χ4n) is 1.25. The molecule has 0 bridgehead atoms. The van der Waals surface area contributed by atoms with Gasteiger partial charge in [0.05, 0.1) is 11.3 Å². The van der Waals surface area contributed by atoms with Crippen molar-refractivity contribution in [1.82, 2.24) is 10.1 Å². The Labute approximate surface area is 115 Å². The highest BCUT2D eigenvalue weighted by Gasteiger charge is 2.21. The summed E-state index contributed by atoms with van der Waals surface area (Å²) >= 11 is 7.43. The number of hydrogen-bond acceptors (Lipinski definition) is 5. The summed E-state index contributed by atoms with van der Waals surface area (Å²) in [6.07, 6.45) is 0. The first kappa shape index (κ1) is 13.4. The van der Waals surface area contributed by atoms with Crippen LogP contribution in [-0.4, -0.2) is 10.1 Å². The van der Waals surface area contributed by atoms with Crippen molar-refractivity contribution in [3.8, 4) is 0 Å². The van der Waals surface area contributed by atoms with Gasteiger partial charge in [0.25, 0.3) is 0 Å². The highest BCUT2D eigenvalue weighted by atomic mass is 35.5. The third-order valence-electron chi connectivity index (χ3n) is 2.22. The van der Waals surface area contributed by atoms with E-state index in [9.17, 15) is 0 Å². The molecule has 0 radical (unpaired) electrons. The van der Waals surface area contributed by atoms with Crippen LogP contribution in [0.2, 0.25) is 5.02 Å². The predicted molar refractivity (Wildman–Crippen MR) is 72.5 cm³/mol. The summed E-state index contributed by atoms with van der Waals surface area (Å²) in [6.45, 7) is 3.68. The van der Waals surface area contributed by atoms with Crippen LogP contribution in [0.3, 0.4) is 0 Å². The van der Waals surface area contributed by atoms with E-state index in [1.807, 2.05) is 38.1 Å². The van der Waals surface area contributed by atoms with Crippen molar-refractivity contribution in [2.24, 2.45) is 5.73 Å². The van der Waals surface area contributed by atoms with E-state index in [0.29, 0.717) is 17.5 Å². The third kappa shape index (κ3) is 3.48. The number of benzene rings is 1. The van der Waals surface area contributed by atoms with E-state index in [1.54, 1.807) is 11.8 Å². The van der Waals surface area contributed by atoms with Crippen molar-refractivity contribution in [3.05, 3.63) is 41.0 Å². The second kappa shape index (κ2) is 5.30. The lowest BCUT2D eigenvalue weighted by molar-refractivity contribution is 0.370. The van der Waals surface area contributed by atoms with Gasteiger partial charge < -0.3 is 10.3 Å². The molecule has 2 rings (SSSR count). The van der Waals surface area contributed by atoms with Crippen LogP contribution in [0.25, 0.3) is 0 Å². The first-order valence-corrected chi connectivity index (χ1v) is 6.82. The number of nitrogens with two attached hydrogens (primary N) is 1. The molecule has 0 fully saturated rings. The number of halogens is 1. The summed E-state index contributed by atoms with van der Waals surface area (Å²) in [4.78, 5) is 5.37. The normalized spacial score (nSPS) is 11.8. The Bertz CT molecular complexity index is 519. The molecule has 0 aliphatic rings. The van der Waals surface area contributed by atoms with E-state index in [-0.39, 0.29) is 0 Å². The first-order valence-electron chi connectivity index (χ1n) is 5.45. The zero-order chi connectivity index (χ0) is 13.2. The number of hydrogen-bond donors (Lipinski definition) is 1. The fourth-order valence-corrected chi connectivity index (χ4v) is 2.11. The van der Waals surface area contributed by atoms with E-state index in [2.05, 4.69) is 10.1 Å². The maximum Gasteiger partial charge on any atom is 0.237 e. The second-order valence-electron chi connectivity index (χ2n) is 4.48. The van der Waals surface area contributed by atoms with Crippen LogP contribution in [0.4, 0.5) is 0 Å². The molecule has 1 heterocycles. The Kier molecular flexibility index (Phi) is 3.94. The molecule has 18 heavy (non-hydrogen) atoms. The monoisotopic (exact) mass is 283 g/mol. The van der Waals surface area contributed by atoms with Crippen LogP contribution in [-0.2, 0) is 11.3 Å². The van der Waals surface area contributed by atoms with Gasteiger partial charge in [-0.2, -0.15) is 4.98 Å². The fraction of sp³-hybridized carbons (Fsp3) is 0.333. The van der Waals surface area contributed by atoms with E-state index in [4.69, 9.17) is 21.9 Å². The number of aromatic nitrogens is 2. The topological polar surface area (TPSA) is 64.9 Å². The molecule has 4 nitrogen and oxygen atoms in total. The lowest BCUT2D eigenvalue weighted by atomic mass is 10.1. The van der Waals surface area contributed by atoms with Crippen molar-refractivity contribution >= 4 is 23.4 Å². The third-order valence-corrected chi connectivity index (χ3v) is 3.47.